The number of ether oxygens (including phenoxy) is 1. The molecular formula is C11H18N4O3. The van der Waals surface area contributed by atoms with Crippen LogP contribution in [0.2, 0.25) is 0 Å². The molecule has 2 rings (SSSR count). The van der Waals surface area contributed by atoms with Crippen molar-refractivity contribution in [3.63, 3.8) is 0 Å². The predicted molar refractivity (Wildman–Crippen MR) is 63.2 cm³/mol. The van der Waals surface area contributed by atoms with Gasteiger partial charge in [-0.15, -0.1) is 0 Å². The number of nitrogens with zero attached hydrogens (tertiary/aromatic N) is 2. The van der Waals surface area contributed by atoms with Gasteiger partial charge in [-0.05, 0) is 25.9 Å². The Morgan fingerprint density at radius 1 is 1.56 bits per heavy atom. The van der Waals surface area contributed by atoms with Gasteiger partial charge in [0, 0.05) is 13.5 Å². The van der Waals surface area contributed by atoms with Gasteiger partial charge in [-0.1, -0.05) is 5.16 Å². The van der Waals surface area contributed by atoms with E-state index < -0.39 is 0 Å². The minimum Gasteiger partial charge on any atom is -0.376 e. The topological polar surface area (TPSA) is 89.3 Å². The normalized spacial score (nSPS) is 16.7. The highest BCUT2D eigenvalue weighted by atomic mass is 16.5. The Bertz CT molecular complexity index is 387. The molecule has 0 aliphatic carbocycles. The lowest BCUT2D eigenvalue weighted by atomic mass is 10.1. The number of carbonyl (C=O) groups excluding carboxylic acids is 1. The highest BCUT2D eigenvalue weighted by Crippen LogP contribution is 2.06. The van der Waals surface area contributed by atoms with Gasteiger partial charge in [0.15, 0.2) is 0 Å². The summed E-state index contributed by atoms with van der Waals surface area (Å²) in [7, 11) is 0. The minimum atomic E-state index is -0.333. The van der Waals surface area contributed by atoms with Crippen molar-refractivity contribution >= 4 is 5.91 Å². The summed E-state index contributed by atoms with van der Waals surface area (Å²) >= 11 is 0. The monoisotopic (exact) mass is 254 g/mol. The first-order valence-electron chi connectivity index (χ1n) is 6.16. The van der Waals surface area contributed by atoms with Crippen LogP contribution in [0.3, 0.4) is 0 Å². The second-order valence-corrected chi connectivity index (χ2v) is 4.21. The van der Waals surface area contributed by atoms with Crippen LogP contribution in [0.1, 0.15) is 29.4 Å². The van der Waals surface area contributed by atoms with Crippen molar-refractivity contribution in [3.05, 3.63) is 11.7 Å². The second kappa shape index (κ2) is 6.46. The van der Waals surface area contributed by atoms with Gasteiger partial charge in [-0.25, -0.2) is 0 Å². The molecule has 18 heavy (non-hydrogen) atoms. The number of carbonyl (C=O) groups is 1. The van der Waals surface area contributed by atoms with Crippen LogP contribution in [-0.4, -0.2) is 48.4 Å². The average molecular weight is 254 g/mol. The molecule has 0 saturated carbocycles. The second-order valence-electron chi connectivity index (χ2n) is 4.21. The van der Waals surface area contributed by atoms with Gasteiger partial charge in [0.05, 0.1) is 12.7 Å². The van der Waals surface area contributed by atoms with Gasteiger partial charge < -0.3 is 19.9 Å². The molecular weight excluding hydrogens is 236 g/mol. The average Bonchev–Trinajstić information content (AvgIpc) is 2.82. The zero-order valence-electron chi connectivity index (χ0n) is 10.4. The molecule has 0 aromatic carbocycles. The van der Waals surface area contributed by atoms with Crippen molar-refractivity contribution in [2.24, 2.45) is 0 Å². The molecule has 2 heterocycles. The van der Waals surface area contributed by atoms with Crippen LogP contribution in [0.25, 0.3) is 0 Å². The fourth-order valence-electron chi connectivity index (χ4n) is 1.82. The molecule has 7 heteroatoms. The van der Waals surface area contributed by atoms with Gasteiger partial charge in [0.25, 0.3) is 11.7 Å². The highest BCUT2D eigenvalue weighted by molar-refractivity contribution is 5.90. The summed E-state index contributed by atoms with van der Waals surface area (Å²) in [5, 5.41) is 9.49. The van der Waals surface area contributed by atoms with Crippen molar-refractivity contribution in [1.82, 2.24) is 20.8 Å². The first-order chi connectivity index (χ1) is 8.75. The van der Waals surface area contributed by atoms with Crippen LogP contribution >= 0.6 is 0 Å². The van der Waals surface area contributed by atoms with E-state index in [1.54, 1.807) is 6.92 Å². The number of piperidine rings is 1. The molecule has 0 unspecified atom stereocenters. The third kappa shape index (κ3) is 3.78. The van der Waals surface area contributed by atoms with E-state index >= 15 is 0 Å². The fourth-order valence-corrected chi connectivity index (χ4v) is 1.82. The van der Waals surface area contributed by atoms with Crippen LogP contribution in [-0.2, 0) is 4.74 Å². The zero-order chi connectivity index (χ0) is 12.8. The molecule has 0 radical (unpaired) electrons. The summed E-state index contributed by atoms with van der Waals surface area (Å²) in [6.07, 6.45) is 2.35. The fraction of sp³-hybridized carbons (Fsp3) is 0.727. The molecule has 2 N–H and O–H groups in total. The van der Waals surface area contributed by atoms with Crippen LogP contribution in [0.15, 0.2) is 4.52 Å². The number of hydrogen-bond donors (Lipinski definition) is 2. The van der Waals surface area contributed by atoms with Gasteiger partial charge in [-0.3, -0.25) is 4.79 Å². The molecule has 1 aromatic heterocycles. The molecule has 7 nitrogen and oxygen atoms in total. The van der Waals surface area contributed by atoms with E-state index in [-0.39, 0.29) is 11.7 Å². The highest BCUT2D eigenvalue weighted by Gasteiger charge is 2.14. The van der Waals surface area contributed by atoms with E-state index in [2.05, 4.69) is 20.8 Å². The smallest absolute Gasteiger partial charge is 0.292 e. The maximum absolute atomic E-state index is 11.5. The van der Waals surface area contributed by atoms with Gasteiger partial charge in [-0.2, -0.15) is 4.98 Å². The molecule has 0 atom stereocenters. The number of hydrogen-bond acceptors (Lipinski definition) is 6. The Labute approximate surface area is 105 Å². The molecule has 100 valence electrons. The summed E-state index contributed by atoms with van der Waals surface area (Å²) in [5.74, 6) is 0.112. The van der Waals surface area contributed by atoms with E-state index in [0.29, 0.717) is 25.1 Å². The molecule has 1 aliphatic rings. The van der Waals surface area contributed by atoms with Crippen molar-refractivity contribution < 1.29 is 14.1 Å². The minimum absolute atomic E-state index is 0.0642. The molecule has 1 fully saturated rings. The van der Waals surface area contributed by atoms with E-state index in [1.165, 1.54) is 0 Å². The van der Waals surface area contributed by atoms with Crippen LogP contribution in [0.5, 0.6) is 0 Å². The number of amides is 1. The van der Waals surface area contributed by atoms with E-state index in [9.17, 15) is 4.79 Å². The quantitative estimate of drug-likeness (QED) is 0.712. The number of nitrogens with one attached hydrogen (secondary N) is 2. The van der Waals surface area contributed by atoms with Gasteiger partial charge in [0.2, 0.25) is 5.89 Å². The Morgan fingerprint density at radius 2 is 2.33 bits per heavy atom. The summed E-state index contributed by atoms with van der Waals surface area (Å²) < 4.78 is 10.4. The maximum atomic E-state index is 11.5. The molecule has 1 amide bonds. The lowest BCUT2D eigenvalue weighted by molar-refractivity contribution is 0.0342. The third-order valence-electron chi connectivity index (χ3n) is 2.76. The first kappa shape index (κ1) is 13.0. The molecule has 1 aliphatic heterocycles. The number of rotatable bonds is 5. The first-order valence-corrected chi connectivity index (χ1v) is 6.16. The van der Waals surface area contributed by atoms with Crippen molar-refractivity contribution in [3.8, 4) is 0 Å². The van der Waals surface area contributed by atoms with E-state index in [4.69, 9.17) is 9.26 Å². The Hall–Kier alpha value is -1.47. The summed E-state index contributed by atoms with van der Waals surface area (Å²) in [4.78, 5) is 15.4. The largest absolute Gasteiger partial charge is 0.376 e. The maximum Gasteiger partial charge on any atom is 0.292 e. The standard InChI is InChI=1S/C11H18N4O3/c1-8-14-10(15-18-8)11(16)13-6-7-17-9-2-4-12-5-3-9/h9,12H,2-7H2,1H3,(H,13,16). The van der Waals surface area contributed by atoms with Gasteiger partial charge >= 0.3 is 0 Å². The SMILES string of the molecule is Cc1nc(C(=O)NCCOC2CCNCC2)no1. The zero-order valence-corrected chi connectivity index (χ0v) is 10.4. The van der Waals surface area contributed by atoms with Crippen LogP contribution in [0, 0.1) is 6.92 Å². The molecule has 1 aromatic rings. The number of aryl methyl sites for hydroxylation is 1. The lowest BCUT2D eigenvalue weighted by Gasteiger charge is -2.22. The molecule has 0 spiro atoms. The summed E-state index contributed by atoms with van der Waals surface area (Å²) in [5.41, 5.74) is 0. The van der Waals surface area contributed by atoms with E-state index in [0.717, 1.165) is 25.9 Å². The van der Waals surface area contributed by atoms with Crippen molar-refractivity contribution in [2.75, 3.05) is 26.2 Å². The van der Waals surface area contributed by atoms with Gasteiger partial charge in [0.1, 0.15) is 0 Å². The van der Waals surface area contributed by atoms with Crippen LogP contribution in [0.4, 0.5) is 0 Å². The van der Waals surface area contributed by atoms with Crippen molar-refractivity contribution in [2.45, 2.75) is 25.9 Å². The summed E-state index contributed by atoms with van der Waals surface area (Å²) in [6, 6.07) is 0. The van der Waals surface area contributed by atoms with Crippen molar-refractivity contribution in [1.29, 1.82) is 0 Å². The number of aromatic nitrogens is 2. The Balaban J connectivity index is 1.61. The Morgan fingerprint density at radius 3 is 3.00 bits per heavy atom. The predicted octanol–water partition coefficient (Wildman–Crippen LogP) is -0.124. The summed E-state index contributed by atoms with van der Waals surface area (Å²) in [6.45, 7) is 4.60. The van der Waals surface area contributed by atoms with Crippen LogP contribution < -0.4 is 10.6 Å². The Kier molecular flexibility index (Phi) is 4.66. The lowest BCUT2D eigenvalue weighted by Crippen LogP contribution is -2.35. The van der Waals surface area contributed by atoms with E-state index in [1.807, 2.05) is 0 Å². The molecule has 1 saturated heterocycles. The molecule has 0 bridgehead atoms. The third-order valence-corrected chi connectivity index (χ3v) is 2.76.